The van der Waals surface area contributed by atoms with E-state index in [0.717, 1.165) is 16.6 Å². The molecule has 26 heavy (non-hydrogen) atoms. The number of carbonyl (C=O) groups is 2. The lowest BCUT2D eigenvalue weighted by atomic mass is 10.0. The average molecular weight is 351 g/mol. The molecule has 2 aromatic carbocycles. The summed E-state index contributed by atoms with van der Waals surface area (Å²) in [7, 11) is 0. The van der Waals surface area contributed by atoms with E-state index in [4.69, 9.17) is 9.15 Å². The van der Waals surface area contributed by atoms with E-state index in [0.29, 0.717) is 11.1 Å². The SMILES string of the molecule is Cc1c(C(=O)OCC(=O)Nc2ccccc2C(C)C)oc2ccccc12. The number of esters is 1. The number of ether oxygens (including phenoxy) is 1. The molecule has 134 valence electrons. The zero-order valence-electron chi connectivity index (χ0n) is 15.0. The molecule has 0 saturated carbocycles. The molecule has 0 aliphatic carbocycles. The molecule has 0 saturated heterocycles. The zero-order chi connectivity index (χ0) is 18.7. The van der Waals surface area contributed by atoms with Crippen molar-refractivity contribution in [1.29, 1.82) is 0 Å². The van der Waals surface area contributed by atoms with Crippen molar-refractivity contribution >= 4 is 28.5 Å². The van der Waals surface area contributed by atoms with Gasteiger partial charge in [0.1, 0.15) is 5.58 Å². The Morgan fingerprint density at radius 2 is 1.77 bits per heavy atom. The standard InChI is InChI=1S/C21H21NO4/c1-13(2)15-8-4-6-10-17(15)22-19(23)12-25-21(24)20-14(3)16-9-5-7-11-18(16)26-20/h4-11,13H,12H2,1-3H3,(H,22,23). The number of hydrogen-bond donors (Lipinski definition) is 1. The van der Waals surface area contributed by atoms with E-state index in [2.05, 4.69) is 19.2 Å². The Morgan fingerprint density at radius 1 is 1.08 bits per heavy atom. The minimum atomic E-state index is -0.647. The smallest absolute Gasteiger partial charge is 0.375 e. The van der Waals surface area contributed by atoms with Crippen molar-refractivity contribution in [2.45, 2.75) is 26.7 Å². The fourth-order valence-corrected chi connectivity index (χ4v) is 2.87. The lowest BCUT2D eigenvalue weighted by Crippen LogP contribution is -2.21. The third-order valence-corrected chi connectivity index (χ3v) is 4.22. The Kier molecular flexibility index (Phi) is 5.07. The average Bonchev–Trinajstić information content (AvgIpc) is 2.97. The van der Waals surface area contributed by atoms with Gasteiger partial charge in [-0.1, -0.05) is 50.2 Å². The van der Waals surface area contributed by atoms with E-state index in [1.54, 1.807) is 13.0 Å². The first kappa shape index (κ1) is 17.7. The van der Waals surface area contributed by atoms with Crippen molar-refractivity contribution in [3.05, 3.63) is 65.4 Å². The number of fused-ring (bicyclic) bond motifs is 1. The number of nitrogens with one attached hydrogen (secondary N) is 1. The van der Waals surface area contributed by atoms with Crippen LogP contribution in [0.15, 0.2) is 52.9 Å². The number of carbonyl (C=O) groups excluding carboxylic acids is 2. The van der Waals surface area contributed by atoms with Crippen LogP contribution in [0.2, 0.25) is 0 Å². The summed E-state index contributed by atoms with van der Waals surface area (Å²) in [6, 6.07) is 14.9. The highest BCUT2D eigenvalue weighted by atomic mass is 16.5. The molecule has 3 aromatic rings. The maximum absolute atomic E-state index is 12.3. The van der Waals surface area contributed by atoms with E-state index in [9.17, 15) is 9.59 Å². The molecule has 0 atom stereocenters. The van der Waals surface area contributed by atoms with Crippen LogP contribution in [0.1, 0.15) is 41.4 Å². The van der Waals surface area contributed by atoms with Crippen LogP contribution >= 0.6 is 0 Å². The molecule has 1 heterocycles. The van der Waals surface area contributed by atoms with Gasteiger partial charge >= 0.3 is 5.97 Å². The Labute approximate surface area is 152 Å². The molecule has 5 nitrogen and oxygen atoms in total. The topological polar surface area (TPSA) is 68.5 Å². The van der Waals surface area contributed by atoms with E-state index >= 15 is 0 Å². The molecule has 0 fully saturated rings. The molecule has 0 bridgehead atoms. The second-order valence-corrected chi connectivity index (χ2v) is 6.42. The molecule has 0 unspecified atom stereocenters. The van der Waals surface area contributed by atoms with Gasteiger partial charge in [0.05, 0.1) is 0 Å². The highest BCUT2D eigenvalue weighted by Gasteiger charge is 2.20. The number of benzene rings is 2. The summed E-state index contributed by atoms with van der Waals surface area (Å²) in [5.74, 6) is -0.639. The van der Waals surface area contributed by atoms with Crippen LogP contribution < -0.4 is 5.32 Å². The van der Waals surface area contributed by atoms with Gasteiger partial charge in [-0.2, -0.15) is 0 Å². The lowest BCUT2D eigenvalue weighted by Gasteiger charge is -2.13. The van der Waals surface area contributed by atoms with Crippen LogP contribution in [0.25, 0.3) is 11.0 Å². The first-order valence-corrected chi connectivity index (χ1v) is 8.51. The van der Waals surface area contributed by atoms with Crippen molar-refractivity contribution in [3.8, 4) is 0 Å². The molecule has 0 aliphatic rings. The van der Waals surface area contributed by atoms with Crippen LogP contribution in [0.4, 0.5) is 5.69 Å². The Bertz CT molecular complexity index is 956. The summed E-state index contributed by atoms with van der Waals surface area (Å²) >= 11 is 0. The van der Waals surface area contributed by atoms with E-state index in [1.807, 2.05) is 42.5 Å². The third-order valence-electron chi connectivity index (χ3n) is 4.22. The van der Waals surface area contributed by atoms with Gasteiger partial charge in [-0.05, 0) is 30.5 Å². The Balaban J connectivity index is 1.66. The number of amides is 1. The van der Waals surface area contributed by atoms with Crippen molar-refractivity contribution in [1.82, 2.24) is 0 Å². The van der Waals surface area contributed by atoms with Gasteiger partial charge in [0.25, 0.3) is 5.91 Å². The van der Waals surface area contributed by atoms with Crippen LogP contribution in [0.3, 0.4) is 0 Å². The fraction of sp³-hybridized carbons (Fsp3) is 0.238. The van der Waals surface area contributed by atoms with Crippen LogP contribution in [-0.2, 0) is 9.53 Å². The van der Waals surface area contributed by atoms with Crippen molar-refractivity contribution in [3.63, 3.8) is 0 Å². The number of hydrogen-bond acceptors (Lipinski definition) is 4. The molecule has 0 spiro atoms. The summed E-state index contributed by atoms with van der Waals surface area (Å²) < 4.78 is 10.7. The maximum Gasteiger partial charge on any atom is 0.375 e. The molecule has 0 aliphatic heterocycles. The van der Waals surface area contributed by atoms with Gasteiger partial charge in [0.15, 0.2) is 6.61 Å². The molecule has 1 aromatic heterocycles. The monoisotopic (exact) mass is 351 g/mol. The van der Waals surface area contributed by atoms with Crippen molar-refractivity contribution in [2.24, 2.45) is 0 Å². The summed E-state index contributed by atoms with van der Waals surface area (Å²) in [6.07, 6.45) is 0. The van der Waals surface area contributed by atoms with Crippen molar-refractivity contribution in [2.75, 3.05) is 11.9 Å². The number of furan rings is 1. The second kappa shape index (κ2) is 7.44. The summed E-state index contributed by atoms with van der Waals surface area (Å²) in [5.41, 5.74) is 3.08. The quantitative estimate of drug-likeness (QED) is 0.679. The van der Waals surface area contributed by atoms with Crippen molar-refractivity contribution < 1.29 is 18.7 Å². The third kappa shape index (κ3) is 3.61. The second-order valence-electron chi connectivity index (χ2n) is 6.42. The van der Waals surface area contributed by atoms with Gasteiger partial charge in [0, 0.05) is 16.6 Å². The first-order chi connectivity index (χ1) is 12.5. The lowest BCUT2D eigenvalue weighted by molar-refractivity contribution is -0.119. The predicted molar refractivity (Wildman–Crippen MR) is 100 cm³/mol. The molecule has 3 rings (SSSR count). The largest absolute Gasteiger partial charge is 0.450 e. The first-order valence-electron chi connectivity index (χ1n) is 8.51. The Hall–Kier alpha value is -3.08. The molecule has 1 amide bonds. The predicted octanol–water partition coefficient (Wildman–Crippen LogP) is 4.66. The normalized spacial score (nSPS) is 10.9. The van der Waals surface area contributed by atoms with E-state index in [1.165, 1.54) is 0 Å². The van der Waals surface area contributed by atoms with Gasteiger partial charge in [-0.3, -0.25) is 4.79 Å². The maximum atomic E-state index is 12.3. The highest BCUT2D eigenvalue weighted by Crippen LogP contribution is 2.26. The summed E-state index contributed by atoms with van der Waals surface area (Å²) in [5, 5.41) is 3.65. The van der Waals surface area contributed by atoms with Gasteiger partial charge in [-0.25, -0.2) is 4.79 Å². The Morgan fingerprint density at radius 3 is 2.50 bits per heavy atom. The van der Waals surface area contributed by atoms with E-state index < -0.39 is 5.97 Å². The van der Waals surface area contributed by atoms with Crippen LogP contribution in [-0.4, -0.2) is 18.5 Å². The van der Waals surface area contributed by atoms with Gasteiger partial charge in [0.2, 0.25) is 5.76 Å². The van der Waals surface area contributed by atoms with E-state index in [-0.39, 0.29) is 24.2 Å². The summed E-state index contributed by atoms with van der Waals surface area (Å²) in [4.78, 5) is 24.4. The highest BCUT2D eigenvalue weighted by molar-refractivity contribution is 5.98. The molecular formula is C21H21NO4. The number of para-hydroxylation sites is 2. The number of anilines is 1. The number of aryl methyl sites for hydroxylation is 1. The summed E-state index contributed by atoms with van der Waals surface area (Å²) in [6.45, 7) is 5.52. The minimum absolute atomic E-state index is 0.126. The van der Waals surface area contributed by atoms with Gasteiger partial charge < -0.3 is 14.5 Å². The van der Waals surface area contributed by atoms with Crippen LogP contribution in [0.5, 0.6) is 0 Å². The zero-order valence-corrected chi connectivity index (χ0v) is 15.0. The minimum Gasteiger partial charge on any atom is -0.450 e. The number of rotatable bonds is 5. The molecule has 0 radical (unpaired) electrons. The molecule has 5 heteroatoms. The molecule has 1 N–H and O–H groups in total. The fourth-order valence-electron chi connectivity index (χ4n) is 2.87. The van der Waals surface area contributed by atoms with Gasteiger partial charge in [-0.15, -0.1) is 0 Å². The molecular weight excluding hydrogens is 330 g/mol. The van der Waals surface area contributed by atoms with Crippen LogP contribution in [0, 0.1) is 6.92 Å².